The van der Waals surface area contributed by atoms with Crippen molar-refractivity contribution in [2.24, 2.45) is 33.5 Å². The van der Waals surface area contributed by atoms with E-state index in [1.165, 1.54) is 0 Å². The second kappa shape index (κ2) is 4.85. The molecule has 9 unspecified atom stereocenters. The van der Waals surface area contributed by atoms with Crippen molar-refractivity contribution < 1.29 is 20.4 Å². The van der Waals surface area contributed by atoms with E-state index in [2.05, 4.69) is 26.0 Å². The van der Waals surface area contributed by atoms with Gasteiger partial charge in [-0.1, -0.05) is 32.9 Å². The Morgan fingerprint density at radius 1 is 0.917 bits per heavy atom. The molecule has 4 N–H and O–H groups in total. The Morgan fingerprint density at radius 3 is 2.29 bits per heavy atom. The van der Waals surface area contributed by atoms with Crippen molar-refractivity contribution in [2.75, 3.05) is 6.61 Å². The lowest BCUT2D eigenvalue weighted by Crippen LogP contribution is -2.68. The minimum atomic E-state index is -0.620. The summed E-state index contributed by atoms with van der Waals surface area (Å²) in [4.78, 5) is 0. The molecule has 4 rings (SSSR count). The van der Waals surface area contributed by atoms with Gasteiger partial charge in [-0.25, -0.2) is 0 Å². The van der Waals surface area contributed by atoms with Crippen LogP contribution in [0.2, 0.25) is 0 Å². The van der Waals surface area contributed by atoms with Crippen molar-refractivity contribution in [3.8, 4) is 0 Å². The maximum atomic E-state index is 11.2. The Hall–Kier alpha value is -0.420. The molecule has 24 heavy (non-hydrogen) atoms. The van der Waals surface area contributed by atoms with Crippen molar-refractivity contribution in [3.05, 3.63) is 12.2 Å². The van der Waals surface area contributed by atoms with Gasteiger partial charge in [-0.05, 0) is 49.4 Å². The van der Waals surface area contributed by atoms with Gasteiger partial charge >= 0.3 is 0 Å². The topological polar surface area (TPSA) is 80.9 Å². The maximum Gasteiger partial charge on any atom is 0.0746 e. The molecule has 9 atom stereocenters. The van der Waals surface area contributed by atoms with Crippen molar-refractivity contribution >= 4 is 0 Å². The molecule has 4 aliphatic rings. The zero-order valence-corrected chi connectivity index (χ0v) is 15.1. The Bertz CT molecular complexity index is 576. The molecule has 0 aromatic heterocycles. The predicted molar refractivity (Wildman–Crippen MR) is 91.1 cm³/mol. The van der Waals surface area contributed by atoms with Crippen LogP contribution in [0.15, 0.2) is 12.2 Å². The summed E-state index contributed by atoms with van der Waals surface area (Å²) in [5.41, 5.74) is -1.44. The summed E-state index contributed by atoms with van der Waals surface area (Å²) in [5, 5.41) is 43.0. The monoisotopic (exact) mass is 336 g/mol. The van der Waals surface area contributed by atoms with Crippen LogP contribution < -0.4 is 0 Å². The second-order valence-corrected chi connectivity index (χ2v) is 9.86. The molecule has 4 nitrogen and oxygen atoms in total. The minimum absolute atomic E-state index is 0.0586. The fraction of sp³-hybridized carbons (Fsp3) is 0.900. The van der Waals surface area contributed by atoms with Crippen LogP contribution in [0, 0.1) is 33.5 Å². The molecule has 136 valence electrons. The van der Waals surface area contributed by atoms with Gasteiger partial charge in [0.15, 0.2) is 0 Å². The molecule has 0 aromatic rings. The minimum Gasteiger partial charge on any atom is -0.396 e. The molecule has 3 fully saturated rings. The highest BCUT2D eigenvalue weighted by Gasteiger charge is 2.71. The first-order valence-electron chi connectivity index (χ1n) is 9.50. The zero-order chi connectivity index (χ0) is 17.5. The van der Waals surface area contributed by atoms with Gasteiger partial charge in [-0.2, -0.15) is 0 Å². The van der Waals surface area contributed by atoms with Crippen LogP contribution in [-0.4, -0.2) is 45.3 Å². The lowest BCUT2D eigenvalue weighted by molar-refractivity contribution is -0.251. The Labute approximate surface area is 144 Å². The van der Waals surface area contributed by atoms with E-state index in [-0.39, 0.29) is 29.3 Å². The summed E-state index contributed by atoms with van der Waals surface area (Å²) in [6.45, 7) is 6.29. The predicted octanol–water partition coefficient (Wildman–Crippen LogP) is 1.86. The standard InChI is InChI=1S/C20H32O4/c1-17-6-4-12-18(2)7-5-14(22)19(3,11-21)13(18)10-15(23)20(12,9-8-17)16(17)24/h8-9,12-16,21-24H,4-7,10-11H2,1-3H3. The quantitative estimate of drug-likeness (QED) is 0.551. The Balaban J connectivity index is 1.82. The third-order valence-electron chi connectivity index (χ3n) is 8.91. The molecule has 4 aliphatic carbocycles. The van der Waals surface area contributed by atoms with Crippen LogP contribution in [0.25, 0.3) is 0 Å². The fourth-order valence-corrected chi connectivity index (χ4v) is 7.28. The van der Waals surface area contributed by atoms with Gasteiger partial charge < -0.3 is 20.4 Å². The van der Waals surface area contributed by atoms with Crippen LogP contribution >= 0.6 is 0 Å². The largest absolute Gasteiger partial charge is 0.396 e. The van der Waals surface area contributed by atoms with Gasteiger partial charge in [0.2, 0.25) is 0 Å². The van der Waals surface area contributed by atoms with E-state index in [0.29, 0.717) is 12.8 Å². The fourth-order valence-electron chi connectivity index (χ4n) is 7.28. The third kappa shape index (κ3) is 1.69. The first kappa shape index (κ1) is 17.0. The summed E-state index contributed by atoms with van der Waals surface area (Å²) in [6, 6.07) is 0. The lowest BCUT2D eigenvalue weighted by Gasteiger charge is -2.67. The van der Waals surface area contributed by atoms with E-state index in [0.717, 1.165) is 19.3 Å². The van der Waals surface area contributed by atoms with Crippen LogP contribution in [-0.2, 0) is 0 Å². The molecule has 0 amide bonds. The molecule has 0 aliphatic heterocycles. The van der Waals surface area contributed by atoms with Gasteiger partial charge in [0.1, 0.15) is 0 Å². The molecular formula is C20H32O4. The molecule has 4 heteroatoms. The van der Waals surface area contributed by atoms with Gasteiger partial charge in [-0.3, -0.25) is 0 Å². The second-order valence-electron chi connectivity index (χ2n) is 9.86. The summed E-state index contributed by atoms with van der Waals surface area (Å²) in [6.07, 6.45) is 6.60. The van der Waals surface area contributed by atoms with Crippen LogP contribution in [0.1, 0.15) is 52.9 Å². The highest BCUT2D eigenvalue weighted by molar-refractivity contribution is 5.31. The number of hydrogen-bond acceptors (Lipinski definition) is 4. The summed E-state index contributed by atoms with van der Waals surface area (Å²) in [7, 11) is 0. The molecule has 0 heterocycles. The average molecular weight is 336 g/mol. The first-order valence-corrected chi connectivity index (χ1v) is 9.50. The molecule has 0 radical (unpaired) electrons. The van der Waals surface area contributed by atoms with Gasteiger partial charge in [0, 0.05) is 16.2 Å². The summed E-state index contributed by atoms with van der Waals surface area (Å²) < 4.78 is 0. The lowest BCUT2D eigenvalue weighted by atomic mass is 9.38. The van der Waals surface area contributed by atoms with E-state index in [9.17, 15) is 20.4 Å². The summed E-state index contributed by atoms with van der Waals surface area (Å²) >= 11 is 0. The zero-order valence-electron chi connectivity index (χ0n) is 15.1. The average Bonchev–Trinajstić information content (AvgIpc) is 2.71. The van der Waals surface area contributed by atoms with Crippen molar-refractivity contribution in [3.63, 3.8) is 0 Å². The highest BCUT2D eigenvalue weighted by atomic mass is 16.3. The molecule has 1 spiro atoms. The smallest absolute Gasteiger partial charge is 0.0746 e. The molecular weight excluding hydrogens is 304 g/mol. The number of aliphatic hydroxyl groups is 4. The van der Waals surface area contributed by atoms with Crippen LogP contribution in [0.5, 0.6) is 0 Å². The highest BCUT2D eigenvalue weighted by Crippen LogP contribution is 2.71. The third-order valence-corrected chi connectivity index (χ3v) is 8.91. The van der Waals surface area contributed by atoms with Crippen molar-refractivity contribution in [1.29, 1.82) is 0 Å². The van der Waals surface area contributed by atoms with E-state index in [4.69, 9.17) is 0 Å². The number of fused-ring (bicyclic) bond motifs is 3. The molecule has 0 aromatic carbocycles. The van der Waals surface area contributed by atoms with E-state index in [1.54, 1.807) is 0 Å². The number of rotatable bonds is 1. The Kier molecular flexibility index (Phi) is 3.44. The van der Waals surface area contributed by atoms with Crippen LogP contribution in [0.3, 0.4) is 0 Å². The van der Waals surface area contributed by atoms with Gasteiger partial charge in [-0.15, -0.1) is 0 Å². The number of aliphatic hydroxyl groups excluding tert-OH is 4. The van der Waals surface area contributed by atoms with E-state index < -0.39 is 29.1 Å². The molecule has 0 saturated heterocycles. The van der Waals surface area contributed by atoms with E-state index >= 15 is 0 Å². The molecule has 3 saturated carbocycles. The van der Waals surface area contributed by atoms with Crippen molar-refractivity contribution in [2.45, 2.75) is 71.2 Å². The van der Waals surface area contributed by atoms with Gasteiger partial charge in [0.25, 0.3) is 0 Å². The summed E-state index contributed by atoms with van der Waals surface area (Å²) in [5.74, 6) is 0.258. The van der Waals surface area contributed by atoms with E-state index in [1.807, 2.05) is 6.92 Å². The normalized spacial score (nSPS) is 62.2. The van der Waals surface area contributed by atoms with Crippen LogP contribution in [0.4, 0.5) is 0 Å². The van der Waals surface area contributed by atoms with Crippen molar-refractivity contribution in [1.82, 2.24) is 0 Å². The molecule has 2 bridgehead atoms. The SMILES string of the molecule is CC12C=CC3(C(O)CC4C(C)(CO)C(O)CCC4(C)C3CC1)C2O. The number of hydrogen-bond donors (Lipinski definition) is 4. The van der Waals surface area contributed by atoms with Gasteiger partial charge in [0.05, 0.1) is 24.9 Å². The maximum absolute atomic E-state index is 11.2. The Morgan fingerprint density at radius 2 is 1.62 bits per heavy atom. The first-order chi connectivity index (χ1) is 11.1.